The van der Waals surface area contributed by atoms with Gasteiger partial charge in [0, 0.05) is 13.7 Å². The molecule has 9 nitrogen and oxygen atoms in total. The van der Waals surface area contributed by atoms with E-state index in [4.69, 9.17) is 4.74 Å². The lowest BCUT2D eigenvalue weighted by molar-refractivity contribution is -0.150. The van der Waals surface area contributed by atoms with Gasteiger partial charge in [0.15, 0.2) is 6.10 Å². The molecule has 1 saturated heterocycles. The number of hydrogen-bond acceptors (Lipinski definition) is 7. The summed E-state index contributed by atoms with van der Waals surface area (Å²) in [6, 6.07) is -0.883. The Balaban J connectivity index is 2.72. The molecule has 0 radical (unpaired) electrons. The molecule has 27 heavy (non-hydrogen) atoms. The van der Waals surface area contributed by atoms with Crippen molar-refractivity contribution in [2.24, 2.45) is 5.92 Å². The minimum absolute atomic E-state index is 0.106. The van der Waals surface area contributed by atoms with E-state index in [9.17, 15) is 30.0 Å². The van der Waals surface area contributed by atoms with Crippen LogP contribution in [0.3, 0.4) is 0 Å². The molecule has 9 heteroatoms. The average molecular weight is 388 g/mol. The van der Waals surface area contributed by atoms with E-state index in [0.29, 0.717) is 6.42 Å². The summed E-state index contributed by atoms with van der Waals surface area (Å²) >= 11 is 0. The summed E-state index contributed by atoms with van der Waals surface area (Å²) in [4.78, 5) is 24.4. The van der Waals surface area contributed by atoms with E-state index in [1.54, 1.807) is 6.08 Å². The molecule has 5 unspecified atom stereocenters. The molecule has 7 atom stereocenters. The van der Waals surface area contributed by atoms with E-state index in [-0.39, 0.29) is 18.9 Å². The summed E-state index contributed by atoms with van der Waals surface area (Å²) in [6.45, 7) is 4.02. The molecule has 0 bridgehead atoms. The third-order valence-corrected chi connectivity index (χ3v) is 4.74. The number of carbonyl (C=O) groups excluding carboxylic acids is 2. The molecular formula is C18H32N2O7. The van der Waals surface area contributed by atoms with Crippen molar-refractivity contribution in [2.45, 2.75) is 69.7 Å². The van der Waals surface area contributed by atoms with E-state index in [2.05, 4.69) is 10.6 Å². The molecule has 1 heterocycles. The molecule has 1 fully saturated rings. The van der Waals surface area contributed by atoms with Crippen molar-refractivity contribution in [3.05, 3.63) is 12.2 Å². The molecule has 0 aromatic heterocycles. The molecule has 0 aromatic rings. The molecule has 1 aliphatic rings. The summed E-state index contributed by atoms with van der Waals surface area (Å²) in [5.74, 6) is -1.05. The third kappa shape index (κ3) is 7.19. The predicted octanol–water partition coefficient (Wildman–Crippen LogP) is -1.56. The van der Waals surface area contributed by atoms with Crippen LogP contribution < -0.4 is 10.6 Å². The Hall–Kier alpha value is -1.52. The molecule has 0 aromatic carbocycles. The van der Waals surface area contributed by atoms with Gasteiger partial charge in [0.1, 0.15) is 24.4 Å². The number of amides is 2. The van der Waals surface area contributed by atoms with Crippen LogP contribution in [0.4, 0.5) is 0 Å². The lowest BCUT2D eigenvalue weighted by Gasteiger charge is -2.28. The van der Waals surface area contributed by atoms with Crippen LogP contribution in [0.5, 0.6) is 0 Å². The monoisotopic (exact) mass is 388 g/mol. The Morgan fingerprint density at radius 3 is 2.56 bits per heavy atom. The van der Waals surface area contributed by atoms with Crippen LogP contribution in [0.25, 0.3) is 0 Å². The Morgan fingerprint density at radius 2 is 1.96 bits per heavy atom. The molecule has 0 spiro atoms. The van der Waals surface area contributed by atoms with Crippen molar-refractivity contribution in [1.82, 2.24) is 10.6 Å². The number of rotatable bonds is 9. The van der Waals surface area contributed by atoms with Crippen LogP contribution in [0.2, 0.25) is 0 Å². The van der Waals surface area contributed by atoms with Crippen LogP contribution in [0.1, 0.15) is 33.1 Å². The standard InChI is InChI=1S/C18H32N2O7/c1-4-10(2)5-8-13(22)14(23)15(24)16(27-3)18(26)20-12-7-6-11(21)9-19-17(12)25/h5,8,10-16,21-24H,4,6-7,9H2,1-3H3,(H,19,25)(H,20,26)/b8-5+/t10?,11?,12-,13?,14?,15?,16+/m0/s1. The number of allylic oxidation sites excluding steroid dienone is 1. The SMILES string of the molecule is CCC(C)/C=C/C(O)C(O)C(O)[C@@H](OC)C(=O)N[C@H]1CCC(O)CNC1=O. The first kappa shape index (κ1) is 23.5. The topological polar surface area (TPSA) is 148 Å². The second kappa shape index (κ2) is 11.4. The van der Waals surface area contributed by atoms with Crippen molar-refractivity contribution in [3.8, 4) is 0 Å². The number of nitrogens with one attached hydrogen (secondary N) is 2. The summed E-state index contributed by atoms with van der Waals surface area (Å²) < 4.78 is 4.98. The highest BCUT2D eigenvalue weighted by atomic mass is 16.5. The van der Waals surface area contributed by atoms with Gasteiger partial charge in [-0.1, -0.05) is 32.4 Å². The maximum absolute atomic E-state index is 12.4. The van der Waals surface area contributed by atoms with Gasteiger partial charge in [-0.15, -0.1) is 0 Å². The Morgan fingerprint density at radius 1 is 1.30 bits per heavy atom. The van der Waals surface area contributed by atoms with Crippen molar-refractivity contribution in [1.29, 1.82) is 0 Å². The van der Waals surface area contributed by atoms with Crippen LogP contribution in [-0.2, 0) is 14.3 Å². The van der Waals surface area contributed by atoms with Gasteiger partial charge in [0.05, 0.1) is 6.10 Å². The number of β-amino-alcohol motifs (C(OH)–C–C–N with tert-alkyl or cyclic N) is 1. The maximum atomic E-state index is 12.4. The number of aliphatic hydroxyl groups is 4. The lowest BCUT2D eigenvalue weighted by Crippen LogP contribution is -2.55. The van der Waals surface area contributed by atoms with Crippen molar-refractivity contribution >= 4 is 11.8 Å². The fourth-order valence-electron chi connectivity index (χ4n) is 2.66. The third-order valence-electron chi connectivity index (χ3n) is 4.74. The van der Waals surface area contributed by atoms with E-state index < -0.39 is 48.4 Å². The van der Waals surface area contributed by atoms with Gasteiger partial charge >= 0.3 is 0 Å². The van der Waals surface area contributed by atoms with Gasteiger partial charge in [-0.3, -0.25) is 9.59 Å². The largest absolute Gasteiger partial charge is 0.391 e. The number of carbonyl (C=O) groups is 2. The molecule has 1 rings (SSSR count). The second-order valence-corrected chi connectivity index (χ2v) is 6.94. The predicted molar refractivity (Wildman–Crippen MR) is 97.6 cm³/mol. The van der Waals surface area contributed by atoms with E-state index in [1.165, 1.54) is 13.2 Å². The molecule has 1 aliphatic heterocycles. The van der Waals surface area contributed by atoms with E-state index in [0.717, 1.165) is 6.42 Å². The minimum atomic E-state index is -1.70. The van der Waals surface area contributed by atoms with Gasteiger partial charge in [-0.2, -0.15) is 0 Å². The maximum Gasteiger partial charge on any atom is 0.252 e. The van der Waals surface area contributed by atoms with Crippen LogP contribution in [0.15, 0.2) is 12.2 Å². The highest BCUT2D eigenvalue weighted by molar-refractivity contribution is 5.89. The summed E-state index contributed by atoms with van der Waals surface area (Å²) in [5, 5.41) is 45.0. The Bertz CT molecular complexity index is 514. The zero-order valence-electron chi connectivity index (χ0n) is 16.0. The summed E-state index contributed by atoms with van der Waals surface area (Å²) in [6.07, 6.45) is -2.41. The van der Waals surface area contributed by atoms with Gasteiger partial charge in [-0.25, -0.2) is 0 Å². The smallest absolute Gasteiger partial charge is 0.252 e. The Kier molecular flexibility index (Phi) is 9.89. The zero-order valence-corrected chi connectivity index (χ0v) is 16.0. The first-order chi connectivity index (χ1) is 12.7. The summed E-state index contributed by atoms with van der Waals surface area (Å²) in [5.41, 5.74) is 0. The van der Waals surface area contributed by atoms with Gasteiger partial charge in [0.2, 0.25) is 5.91 Å². The first-order valence-corrected chi connectivity index (χ1v) is 9.22. The minimum Gasteiger partial charge on any atom is -0.391 e. The van der Waals surface area contributed by atoms with E-state index in [1.807, 2.05) is 13.8 Å². The average Bonchev–Trinajstić information content (AvgIpc) is 2.81. The van der Waals surface area contributed by atoms with Crippen LogP contribution >= 0.6 is 0 Å². The highest BCUT2D eigenvalue weighted by Gasteiger charge is 2.37. The number of hydrogen-bond donors (Lipinski definition) is 6. The first-order valence-electron chi connectivity index (χ1n) is 9.22. The highest BCUT2D eigenvalue weighted by Crippen LogP contribution is 2.13. The van der Waals surface area contributed by atoms with Gasteiger partial charge < -0.3 is 35.8 Å². The number of aliphatic hydroxyl groups excluding tert-OH is 4. The van der Waals surface area contributed by atoms with Crippen molar-refractivity contribution < 1.29 is 34.8 Å². The number of ether oxygens (including phenoxy) is 1. The zero-order chi connectivity index (χ0) is 20.6. The normalized spacial score (nSPS) is 26.6. The summed E-state index contributed by atoms with van der Waals surface area (Å²) in [7, 11) is 1.18. The second-order valence-electron chi connectivity index (χ2n) is 6.94. The molecule has 2 amide bonds. The molecular weight excluding hydrogens is 356 g/mol. The van der Waals surface area contributed by atoms with Crippen LogP contribution in [0, 0.1) is 5.92 Å². The van der Waals surface area contributed by atoms with Crippen LogP contribution in [-0.4, -0.2) is 82.5 Å². The van der Waals surface area contributed by atoms with Crippen molar-refractivity contribution in [2.75, 3.05) is 13.7 Å². The van der Waals surface area contributed by atoms with Gasteiger partial charge in [-0.05, 0) is 18.8 Å². The van der Waals surface area contributed by atoms with Gasteiger partial charge in [0.25, 0.3) is 5.91 Å². The Labute approximate surface area is 159 Å². The molecule has 156 valence electrons. The molecule has 0 saturated carbocycles. The quantitative estimate of drug-likeness (QED) is 0.262. The molecule has 6 N–H and O–H groups in total. The lowest BCUT2D eigenvalue weighted by atomic mass is 9.99. The molecule has 0 aliphatic carbocycles. The number of methoxy groups -OCH3 is 1. The fraction of sp³-hybridized carbons (Fsp3) is 0.778. The fourth-order valence-corrected chi connectivity index (χ4v) is 2.66. The van der Waals surface area contributed by atoms with E-state index >= 15 is 0 Å². The van der Waals surface area contributed by atoms with Crippen molar-refractivity contribution in [3.63, 3.8) is 0 Å².